The van der Waals surface area contributed by atoms with Crippen LogP contribution in [-0.2, 0) is 12.8 Å². The largest absolute Gasteiger partial charge is 0.331 e. The highest BCUT2D eigenvalue weighted by Gasteiger charge is 2.48. The van der Waals surface area contributed by atoms with Crippen molar-refractivity contribution in [2.24, 2.45) is 0 Å². The number of para-hydroxylation sites is 3. The Morgan fingerprint density at radius 2 is 1.06 bits per heavy atom. The zero-order valence-corrected chi connectivity index (χ0v) is 41.0. The smallest absolute Gasteiger partial charge is 0.0722 e. The van der Waals surface area contributed by atoms with E-state index in [-0.39, 0.29) is 11.5 Å². The number of hydrogen-bond donors (Lipinski definition) is 0. The van der Waals surface area contributed by atoms with Crippen molar-refractivity contribution in [2.45, 2.75) is 31.2 Å². The second kappa shape index (κ2) is 18.4. The van der Waals surface area contributed by atoms with E-state index in [1.807, 2.05) is 11.3 Å². The number of fused-ring (bicyclic) bond motifs is 6. The minimum Gasteiger partial charge on any atom is -0.331 e. The first-order valence-electron chi connectivity index (χ1n) is 25.1. The maximum atomic E-state index is 2.62. The van der Waals surface area contributed by atoms with E-state index in [2.05, 4.69) is 284 Å². The second-order valence-electron chi connectivity index (χ2n) is 19.4. The second-order valence-corrected chi connectivity index (χ2v) is 20.5. The van der Waals surface area contributed by atoms with Crippen LogP contribution in [-0.4, -0.2) is 5.54 Å². The molecule has 0 bridgehead atoms. The van der Waals surface area contributed by atoms with Gasteiger partial charge in [0, 0.05) is 55.8 Å². The maximum absolute atomic E-state index is 2.62. The third kappa shape index (κ3) is 7.74. The summed E-state index contributed by atoms with van der Waals surface area (Å²) < 4.78 is 1.36. The van der Waals surface area contributed by atoms with E-state index in [4.69, 9.17) is 0 Å². The van der Waals surface area contributed by atoms with Gasteiger partial charge in [-0.3, -0.25) is 0 Å². The SMILES string of the molecule is CC12Cc3c(sc4ccccc34)C=C1c1cc(C(Cc3ccccc3)c3ccccc3-c3ccccc3N(c3ccccc3)c3ccc(-c4ccc(-c5ccccc5)cc4)cc3)ccc1N2c1ccccc1. The van der Waals surface area contributed by atoms with E-state index in [0.717, 1.165) is 29.9 Å². The molecule has 13 rings (SSSR count). The molecule has 2 heterocycles. The first kappa shape index (κ1) is 43.5. The molecule has 2 aliphatic rings. The van der Waals surface area contributed by atoms with Gasteiger partial charge in [0.1, 0.15) is 0 Å². The molecule has 11 aromatic rings. The lowest BCUT2D eigenvalue weighted by Crippen LogP contribution is -2.43. The van der Waals surface area contributed by atoms with Gasteiger partial charge in [0.05, 0.1) is 11.2 Å². The molecular weight excluding hydrogens is 889 g/mol. The molecule has 0 saturated heterocycles. The fourth-order valence-electron chi connectivity index (χ4n) is 11.7. The van der Waals surface area contributed by atoms with Crippen molar-refractivity contribution in [1.82, 2.24) is 0 Å². The Balaban J connectivity index is 0.933. The van der Waals surface area contributed by atoms with Gasteiger partial charge in [-0.05, 0) is 141 Å². The summed E-state index contributed by atoms with van der Waals surface area (Å²) in [5.74, 6) is 0.0563. The molecule has 72 heavy (non-hydrogen) atoms. The molecule has 344 valence electrons. The highest BCUT2D eigenvalue weighted by molar-refractivity contribution is 7.20. The summed E-state index contributed by atoms with van der Waals surface area (Å²) in [6.45, 7) is 2.46. The van der Waals surface area contributed by atoms with Gasteiger partial charge in [0.25, 0.3) is 0 Å². The summed E-state index contributed by atoms with van der Waals surface area (Å²) in [6.07, 6.45) is 4.32. The molecule has 1 aliphatic carbocycles. The summed E-state index contributed by atoms with van der Waals surface area (Å²) in [7, 11) is 0. The molecule has 1 aromatic heterocycles. The van der Waals surface area contributed by atoms with Crippen molar-refractivity contribution in [1.29, 1.82) is 0 Å². The summed E-state index contributed by atoms with van der Waals surface area (Å²) in [4.78, 5) is 6.43. The van der Waals surface area contributed by atoms with E-state index in [1.54, 1.807) is 0 Å². The van der Waals surface area contributed by atoms with Crippen LogP contribution in [0.2, 0.25) is 0 Å². The van der Waals surface area contributed by atoms with Crippen molar-refractivity contribution >= 4 is 61.5 Å². The van der Waals surface area contributed by atoms with Crippen LogP contribution in [0.3, 0.4) is 0 Å². The van der Waals surface area contributed by atoms with Gasteiger partial charge in [-0.2, -0.15) is 0 Å². The average Bonchev–Trinajstić information content (AvgIpc) is 3.93. The van der Waals surface area contributed by atoms with Crippen LogP contribution < -0.4 is 9.80 Å². The number of rotatable bonds is 11. The lowest BCUT2D eigenvalue weighted by molar-refractivity contribution is 0.598. The topological polar surface area (TPSA) is 6.48 Å². The molecule has 0 fully saturated rings. The molecule has 2 nitrogen and oxygen atoms in total. The van der Waals surface area contributed by atoms with E-state index < -0.39 is 0 Å². The number of benzene rings is 10. The van der Waals surface area contributed by atoms with Crippen LogP contribution in [0.25, 0.3) is 55.1 Å². The lowest BCUT2D eigenvalue weighted by atomic mass is 9.77. The van der Waals surface area contributed by atoms with Crippen LogP contribution >= 0.6 is 11.3 Å². The van der Waals surface area contributed by atoms with Crippen molar-refractivity contribution < 1.29 is 0 Å². The number of thiophene rings is 1. The van der Waals surface area contributed by atoms with Crippen LogP contribution in [0.1, 0.15) is 45.5 Å². The predicted octanol–water partition coefficient (Wildman–Crippen LogP) is 18.8. The Morgan fingerprint density at radius 3 is 1.78 bits per heavy atom. The summed E-state index contributed by atoms with van der Waals surface area (Å²) in [5, 5.41) is 1.38. The molecule has 0 spiro atoms. The number of nitrogens with zero attached hydrogens (tertiary/aromatic N) is 2. The number of anilines is 5. The first-order valence-corrected chi connectivity index (χ1v) is 25.9. The van der Waals surface area contributed by atoms with Gasteiger partial charge in [0.2, 0.25) is 0 Å². The third-order valence-electron chi connectivity index (χ3n) is 15.1. The zero-order valence-electron chi connectivity index (χ0n) is 40.2. The minimum absolute atomic E-state index is 0.0563. The normalized spacial score (nSPS) is 15.1. The Kier molecular flexibility index (Phi) is 11.1. The molecule has 0 radical (unpaired) electrons. The Bertz CT molecular complexity index is 3750. The zero-order chi connectivity index (χ0) is 48.0. The van der Waals surface area contributed by atoms with Gasteiger partial charge in [-0.25, -0.2) is 0 Å². The molecular formula is C69H52N2S. The van der Waals surface area contributed by atoms with Crippen molar-refractivity contribution in [3.05, 3.63) is 294 Å². The summed E-state index contributed by atoms with van der Waals surface area (Å²) in [6, 6.07) is 95.9. The fourth-order valence-corrected chi connectivity index (χ4v) is 12.8. The Hall–Kier alpha value is -8.50. The number of hydrogen-bond acceptors (Lipinski definition) is 3. The molecule has 0 saturated carbocycles. The van der Waals surface area contributed by atoms with Crippen LogP contribution in [0.5, 0.6) is 0 Å². The van der Waals surface area contributed by atoms with Crippen molar-refractivity contribution in [3.8, 4) is 33.4 Å². The molecule has 3 heteroatoms. The average molecular weight is 941 g/mol. The molecule has 2 unspecified atom stereocenters. The Labute approximate surface area is 427 Å². The highest BCUT2D eigenvalue weighted by atomic mass is 32.1. The van der Waals surface area contributed by atoms with Gasteiger partial charge >= 0.3 is 0 Å². The fraction of sp³-hybridized carbons (Fsp3) is 0.0725. The molecule has 0 amide bonds. The maximum Gasteiger partial charge on any atom is 0.0722 e. The first-order chi connectivity index (χ1) is 35.6. The third-order valence-corrected chi connectivity index (χ3v) is 16.2. The van der Waals surface area contributed by atoms with Crippen molar-refractivity contribution in [2.75, 3.05) is 9.80 Å². The molecule has 0 N–H and O–H groups in total. The van der Waals surface area contributed by atoms with E-state index in [0.29, 0.717) is 0 Å². The molecule has 2 atom stereocenters. The van der Waals surface area contributed by atoms with Crippen LogP contribution in [0, 0.1) is 0 Å². The molecule has 10 aromatic carbocycles. The van der Waals surface area contributed by atoms with Crippen LogP contribution in [0.4, 0.5) is 28.4 Å². The summed E-state index contributed by atoms with van der Waals surface area (Å²) >= 11 is 1.93. The standard InChI is InChI=1S/C69H52N2S/c1-69-47-63-60-31-17-19-33-67(60)72-68(63)46-64(69)62-45-53(40-43-66(62)71(69)56-26-12-5-13-27-56)61(44-48-20-6-2-7-21-48)58-29-15-14-28-57(58)59-30-16-18-32-65(59)70(54-24-10-4-11-25-54)55-41-38-52(39-42-55)51-36-34-50(35-37-51)49-22-8-3-9-23-49/h2-43,45-46,61H,44,47H2,1H3. The monoisotopic (exact) mass is 940 g/mol. The molecule has 1 aliphatic heterocycles. The van der Waals surface area contributed by atoms with E-state index in [1.165, 1.54) is 93.1 Å². The van der Waals surface area contributed by atoms with Crippen molar-refractivity contribution in [3.63, 3.8) is 0 Å². The predicted molar refractivity (Wildman–Crippen MR) is 306 cm³/mol. The highest BCUT2D eigenvalue weighted by Crippen LogP contribution is 2.57. The van der Waals surface area contributed by atoms with E-state index in [9.17, 15) is 0 Å². The Morgan fingerprint density at radius 1 is 0.500 bits per heavy atom. The summed E-state index contributed by atoms with van der Waals surface area (Å²) in [5.41, 5.74) is 20.9. The minimum atomic E-state index is -0.267. The van der Waals surface area contributed by atoms with Gasteiger partial charge in [0.15, 0.2) is 0 Å². The van der Waals surface area contributed by atoms with Gasteiger partial charge in [-0.15, -0.1) is 11.3 Å². The lowest BCUT2D eigenvalue weighted by Gasteiger charge is -2.40. The van der Waals surface area contributed by atoms with Crippen LogP contribution in [0.15, 0.2) is 261 Å². The quantitative estimate of drug-likeness (QED) is 0.127. The van der Waals surface area contributed by atoms with Gasteiger partial charge < -0.3 is 9.80 Å². The van der Waals surface area contributed by atoms with Gasteiger partial charge in [-0.1, -0.05) is 200 Å². The van der Waals surface area contributed by atoms with E-state index >= 15 is 0 Å².